The molecule has 2 atom stereocenters. The molecule has 0 spiro atoms. The van der Waals surface area contributed by atoms with Crippen molar-refractivity contribution >= 4 is 11.4 Å². The van der Waals surface area contributed by atoms with Gasteiger partial charge < -0.3 is 14.5 Å². The van der Waals surface area contributed by atoms with Gasteiger partial charge in [0.1, 0.15) is 12.4 Å². The van der Waals surface area contributed by atoms with E-state index in [1.54, 1.807) is 0 Å². The van der Waals surface area contributed by atoms with Gasteiger partial charge in [-0.1, -0.05) is 44.2 Å². The number of hydrogen-bond donors (Lipinski definition) is 0. The van der Waals surface area contributed by atoms with Crippen LogP contribution < -0.4 is 14.5 Å². The molecule has 3 nitrogen and oxygen atoms in total. The Morgan fingerprint density at radius 2 is 1.61 bits per heavy atom. The van der Waals surface area contributed by atoms with Crippen LogP contribution in [0.25, 0.3) is 0 Å². The third-order valence-electron chi connectivity index (χ3n) is 7.36. The summed E-state index contributed by atoms with van der Waals surface area (Å²) >= 11 is 0. The van der Waals surface area contributed by atoms with E-state index in [0.717, 1.165) is 17.6 Å². The second kappa shape index (κ2) is 7.02. The number of nitrogens with zero attached hydrogens (tertiary/aromatic N) is 2. The van der Waals surface area contributed by atoms with E-state index in [2.05, 4.69) is 72.2 Å². The summed E-state index contributed by atoms with van der Waals surface area (Å²) in [6, 6.07) is 17.3. The average Bonchev–Trinajstić information content (AvgIpc) is 3.08. The van der Waals surface area contributed by atoms with Crippen molar-refractivity contribution in [2.45, 2.75) is 39.7 Å². The lowest BCUT2D eigenvalue weighted by Gasteiger charge is -2.31. The number of hydrogen-bond acceptors (Lipinski definition) is 3. The highest BCUT2D eigenvalue weighted by Gasteiger charge is 2.62. The van der Waals surface area contributed by atoms with Gasteiger partial charge >= 0.3 is 0 Å². The first-order valence-electron chi connectivity index (χ1n) is 10.9. The van der Waals surface area contributed by atoms with Gasteiger partial charge in [0.15, 0.2) is 0 Å². The van der Waals surface area contributed by atoms with Gasteiger partial charge in [0.25, 0.3) is 0 Å². The van der Waals surface area contributed by atoms with Crippen LogP contribution in [0.3, 0.4) is 0 Å². The highest BCUT2D eigenvalue weighted by atomic mass is 16.5. The molecule has 148 valence electrons. The monoisotopic (exact) mass is 376 g/mol. The van der Waals surface area contributed by atoms with Crippen molar-refractivity contribution < 1.29 is 4.74 Å². The Morgan fingerprint density at radius 1 is 0.893 bits per heavy atom. The van der Waals surface area contributed by atoms with E-state index in [1.807, 2.05) is 0 Å². The van der Waals surface area contributed by atoms with Gasteiger partial charge in [0.2, 0.25) is 0 Å². The zero-order valence-electron chi connectivity index (χ0n) is 17.2. The lowest BCUT2D eigenvalue weighted by atomic mass is 10.1. The third kappa shape index (κ3) is 3.25. The Bertz CT molecular complexity index is 812. The van der Waals surface area contributed by atoms with E-state index in [9.17, 15) is 0 Å². The second-order valence-corrected chi connectivity index (χ2v) is 9.41. The molecule has 3 fully saturated rings. The molecule has 0 N–H and O–H groups in total. The van der Waals surface area contributed by atoms with Crippen molar-refractivity contribution in [1.29, 1.82) is 0 Å². The van der Waals surface area contributed by atoms with E-state index < -0.39 is 0 Å². The molecule has 1 aliphatic carbocycles. The fourth-order valence-electron chi connectivity index (χ4n) is 5.29. The quantitative estimate of drug-likeness (QED) is 0.700. The van der Waals surface area contributed by atoms with E-state index in [0.29, 0.717) is 12.0 Å². The normalized spacial score (nSPS) is 25.5. The topological polar surface area (TPSA) is 15.7 Å². The Labute approximate surface area is 169 Å². The molecule has 2 saturated heterocycles. The molecule has 0 amide bonds. The number of piperidine rings is 2. The minimum absolute atomic E-state index is 0.534. The summed E-state index contributed by atoms with van der Waals surface area (Å²) in [4.78, 5) is 5.13. The van der Waals surface area contributed by atoms with Gasteiger partial charge in [-0.2, -0.15) is 0 Å². The molecule has 0 radical (unpaired) electrons. The van der Waals surface area contributed by atoms with Crippen LogP contribution in [-0.2, 0) is 6.61 Å². The number of anilines is 2. The van der Waals surface area contributed by atoms with Crippen molar-refractivity contribution in [3.63, 3.8) is 0 Å². The highest BCUT2D eigenvalue weighted by molar-refractivity contribution is 5.68. The van der Waals surface area contributed by atoms with E-state index in [1.165, 1.54) is 62.4 Å². The SMILES string of the molecule is CC1(C)C2CN(c3cc(N4CCCCC4)ccc3OCc3ccccc3)CC21. The van der Waals surface area contributed by atoms with Gasteiger partial charge in [0, 0.05) is 31.9 Å². The first-order valence-corrected chi connectivity index (χ1v) is 10.9. The predicted molar refractivity (Wildman–Crippen MR) is 116 cm³/mol. The maximum atomic E-state index is 6.32. The molecular weight excluding hydrogens is 344 g/mol. The molecule has 0 bridgehead atoms. The lowest BCUT2D eigenvalue weighted by molar-refractivity contribution is 0.306. The molecule has 2 aromatic carbocycles. The van der Waals surface area contributed by atoms with Gasteiger partial charge in [-0.25, -0.2) is 0 Å². The van der Waals surface area contributed by atoms with E-state index in [4.69, 9.17) is 4.74 Å². The first kappa shape index (κ1) is 17.9. The summed E-state index contributed by atoms with van der Waals surface area (Å²) in [5.41, 5.74) is 4.41. The van der Waals surface area contributed by atoms with Crippen LogP contribution in [0.2, 0.25) is 0 Å². The number of fused-ring (bicyclic) bond motifs is 1. The van der Waals surface area contributed by atoms with Gasteiger partial charge in [-0.15, -0.1) is 0 Å². The summed E-state index contributed by atoms with van der Waals surface area (Å²) < 4.78 is 6.32. The molecule has 2 aromatic rings. The molecule has 2 heterocycles. The second-order valence-electron chi connectivity index (χ2n) is 9.41. The Balaban J connectivity index is 1.39. The largest absolute Gasteiger partial charge is 0.487 e. The molecule has 3 heteroatoms. The molecule has 2 aliphatic heterocycles. The van der Waals surface area contributed by atoms with Crippen LogP contribution >= 0.6 is 0 Å². The van der Waals surface area contributed by atoms with E-state index in [-0.39, 0.29) is 0 Å². The number of benzene rings is 2. The van der Waals surface area contributed by atoms with Crippen molar-refractivity contribution in [3.8, 4) is 5.75 Å². The smallest absolute Gasteiger partial charge is 0.143 e. The molecule has 3 aliphatic rings. The fraction of sp³-hybridized carbons (Fsp3) is 0.520. The maximum Gasteiger partial charge on any atom is 0.143 e. The Morgan fingerprint density at radius 3 is 2.32 bits per heavy atom. The van der Waals surface area contributed by atoms with Gasteiger partial charge in [-0.05, 0) is 60.3 Å². The molecule has 5 rings (SSSR count). The molecule has 0 aromatic heterocycles. The number of ether oxygens (including phenoxy) is 1. The molecular formula is C25H32N2O. The zero-order chi connectivity index (χ0) is 19.1. The summed E-state index contributed by atoms with van der Waals surface area (Å²) in [6.07, 6.45) is 3.99. The van der Waals surface area contributed by atoms with Crippen molar-refractivity contribution in [2.75, 3.05) is 36.0 Å². The first-order chi connectivity index (χ1) is 13.6. The summed E-state index contributed by atoms with van der Waals surface area (Å²) in [7, 11) is 0. The van der Waals surface area contributed by atoms with Crippen LogP contribution in [-0.4, -0.2) is 26.2 Å². The lowest BCUT2D eigenvalue weighted by Crippen LogP contribution is -2.30. The van der Waals surface area contributed by atoms with Crippen LogP contribution in [0.4, 0.5) is 11.4 Å². The standard InChI is InChI=1S/C25H32N2O/c1-25(2)21-16-27(17-22(21)25)23-15-20(26-13-7-4-8-14-26)11-12-24(23)28-18-19-9-5-3-6-10-19/h3,5-6,9-12,15,21-22H,4,7-8,13-14,16-18H2,1-2H3. The summed E-state index contributed by atoms with van der Waals surface area (Å²) in [5, 5.41) is 0. The molecule has 1 saturated carbocycles. The van der Waals surface area contributed by atoms with Crippen LogP contribution in [0.15, 0.2) is 48.5 Å². The molecule has 28 heavy (non-hydrogen) atoms. The minimum atomic E-state index is 0.534. The Kier molecular flexibility index (Phi) is 4.49. The Hall–Kier alpha value is -2.16. The predicted octanol–water partition coefficient (Wildman–Crippen LogP) is 5.35. The van der Waals surface area contributed by atoms with Crippen molar-refractivity contribution in [3.05, 3.63) is 54.1 Å². The highest BCUT2D eigenvalue weighted by Crippen LogP contribution is 2.62. The summed E-state index contributed by atoms with van der Waals surface area (Å²) in [5.74, 6) is 2.71. The van der Waals surface area contributed by atoms with Gasteiger partial charge in [-0.3, -0.25) is 0 Å². The minimum Gasteiger partial charge on any atom is -0.487 e. The fourth-order valence-corrected chi connectivity index (χ4v) is 5.29. The molecule has 2 unspecified atom stereocenters. The number of rotatable bonds is 5. The maximum absolute atomic E-state index is 6.32. The third-order valence-corrected chi connectivity index (χ3v) is 7.36. The van der Waals surface area contributed by atoms with Crippen molar-refractivity contribution in [1.82, 2.24) is 0 Å². The summed E-state index contributed by atoms with van der Waals surface area (Å²) in [6.45, 7) is 10.2. The van der Waals surface area contributed by atoms with E-state index >= 15 is 0 Å². The van der Waals surface area contributed by atoms with Crippen LogP contribution in [0.1, 0.15) is 38.7 Å². The zero-order valence-corrected chi connectivity index (χ0v) is 17.2. The van der Waals surface area contributed by atoms with Crippen molar-refractivity contribution in [2.24, 2.45) is 17.3 Å². The average molecular weight is 377 g/mol. The van der Waals surface area contributed by atoms with Gasteiger partial charge in [0.05, 0.1) is 5.69 Å². The van der Waals surface area contributed by atoms with Crippen LogP contribution in [0.5, 0.6) is 5.75 Å². The van der Waals surface area contributed by atoms with Crippen LogP contribution in [0, 0.1) is 17.3 Å².